The summed E-state index contributed by atoms with van der Waals surface area (Å²) < 4.78 is 19.6. The molecule has 10 heteroatoms. The molecule has 0 spiro atoms. The third kappa shape index (κ3) is 4.51. The molecule has 1 heterocycles. The molecule has 0 aromatic heterocycles. The molecule has 0 aliphatic carbocycles. The number of carbonyl (C=O) groups excluding carboxylic acids is 3. The van der Waals surface area contributed by atoms with E-state index in [-0.39, 0.29) is 29.3 Å². The van der Waals surface area contributed by atoms with Crippen LogP contribution >= 0.6 is 0 Å². The number of nitrogens with one attached hydrogen (secondary N) is 1. The molecule has 34 heavy (non-hydrogen) atoms. The van der Waals surface area contributed by atoms with E-state index < -0.39 is 28.6 Å². The zero-order valence-corrected chi connectivity index (χ0v) is 17.4. The molecule has 1 aliphatic rings. The van der Waals surface area contributed by atoms with Crippen molar-refractivity contribution >= 4 is 35.3 Å². The molecule has 3 aromatic carbocycles. The first kappa shape index (κ1) is 22.3. The number of hydrogen-bond acceptors (Lipinski definition) is 6. The van der Waals surface area contributed by atoms with Crippen molar-refractivity contribution in [2.24, 2.45) is 0 Å². The lowest BCUT2D eigenvalue weighted by molar-refractivity contribution is -0.384. The van der Waals surface area contributed by atoms with Gasteiger partial charge in [-0.2, -0.15) is 0 Å². The van der Waals surface area contributed by atoms with Crippen molar-refractivity contribution in [2.45, 2.75) is 6.61 Å². The fourth-order valence-electron chi connectivity index (χ4n) is 3.27. The van der Waals surface area contributed by atoms with Crippen molar-refractivity contribution in [3.63, 3.8) is 0 Å². The summed E-state index contributed by atoms with van der Waals surface area (Å²) in [5, 5.41) is 13.0. The summed E-state index contributed by atoms with van der Waals surface area (Å²) in [5.41, 5.74) is 0.165. The fourth-order valence-corrected chi connectivity index (χ4v) is 3.27. The van der Waals surface area contributed by atoms with Gasteiger partial charge in [0.05, 0.1) is 10.6 Å². The molecule has 0 bridgehead atoms. The van der Waals surface area contributed by atoms with Crippen LogP contribution in [0, 0.1) is 15.9 Å². The van der Waals surface area contributed by atoms with Crippen molar-refractivity contribution in [1.82, 2.24) is 5.32 Å². The van der Waals surface area contributed by atoms with Crippen LogP contribution in [0.1, 0.15) is 11.1 Å². The average molecular weight is 461 g/mol. The van der Waals surface area contributed by atoms with E-state index in [1.165, 1.54) is 24.3 Å². The molecule has 0 unspecified atom stereocenters. The smallest absolute Gasteiger partial charge is 0.335 e. The van der Waals surface area contributed by atoms with Crippen LogP contribution in [0.4, 0.5) is 20.6 Å². The Labute approximate surface area is 192 Å². The molecule has 0 atom stereocenters. The van der Waals surface area contributed by atoms with Crippen LogP contribution < -0.4 is 15.0 Å². The third-order valence-corrected chi connectivity index (χ3v) is 4.98. The van der Waals surface area contributed by atoms with E-state index in [1.54, 1.807) is 42.5 Å². The highest BCUT2D eigenvalue weighted by Crippen LogP contribution is 2.27. The minimum absolute atomic E-state index is 0.0515. The SMILES string of the molecule is O=C1NC(=O)N(c2ccc([N+](=O)[O-])cc2)C(=O)/C1=C/c1ccccc1OCc1ccccc1F. The van der Waals surface area contributed by atoms with Crippen molar-refractivity contribution in [1.29, 1.82) is 0 Å². The Hall–Kier alpha value is -4.86. The molecule has 0 radical (unpaired) electrons. The molecule has 1 saturated heterocycles. The van der Waals surface area contributed by atoms with E-state index in [0.717, 1.165) is 12.1 Å². The monoisotopic (exact) mass is 461 g/mol. The number of benzene rings is 3. The molecule has 4 rings (SSSR count). The van der Waals surface area contributed by atoms with Crippen LogP contribution in [0.25, 0.3) is 6.08 Å². The number of ether oxygens (including phenoxy) is 1. The van der Waals surface area contributed by atoms with E-state index in [1.807, 2.05) is 0 Å². The summed E-state index contributed by atoms with van der Waals surface area (Å²) in [5.74, 6) is -1.96. The van der Waals surface area contributed by atoms with E-state index in [0.29, 0.717) is 16.0 Å². The second kappa shape index (κ2) is 9.33. The lowest BCUT2D eigenvalue weighted by atomic mass is 10.1. The quantitative estimate of drug-likeness (QED) is 0.257. The zero-order chi connectivity index (χ0) is 24.2. The first-order chi connectivity index (χ1) is 16.3. The summed E-state index contributed by atoms with van der Waals surface area (Å²) in [6.07, 6.45) is 1.26. The summed E-state index contributed by atoms with van der Waals surface area (Å²) in [6.45, 7) is -0.0829. The lowest BCUT2D eigenvalue weighted by Gasteiger charge is -2.26. The highest BCUT2D eigenvalue weighted by atomic mass is 19.1. The first-order valence-electron chi connectivity index (χ1n) is 9.96. The molecular weight excluding hydrogens is 445 g/mol. The molecule has 1 aliphatic heterocycles. The number of hydrogen-bond donors (Lipinski definition) is 1. The van der Waals surface area contributed by atoms with Crippen LogP contribution in [0.2, 0.25) is 0 Å². The van der Waals surface area contributed by atoms with Gasteiger partial charge in [0.1, 0.15) is 23.7 Å². The summed E-state index contributed by atoms with van der Waals surface area (Å²) in [6, 6.07) is 16.4. The minimum atomic E-state index is -0.981. The number of carbonyl (C=O) groups is 3. The summed E-state index contributed by atoms with van der Waals surface area (Å²) in [4.78, 5) is 48.8. The van der Waals surface area contributed by atoms with Crippen LogP contribution in [-0.2, 0) is 16.2 Å². The van der Waals surface area contributed by atoms with E-state index >= 15 is 0 Å². The molecule has 0 saturated carbocycles. The number of rotatable bonds is 6. The van der Waals surface area contributed by atoms with Gasteiger partial charge in [0, 0.05) is 23.3 Å². The van der Waals surface area contributed by atoms with Gasteiger partial charge in [-0.1, -0.05) is 36.4 Å². The standard InChI is InChI=1S/C24H16FN3O6/c25-20-7-3-1-6-16(20)14-34-21-8-4-2-5-15(21)13-19-22(29)26-24(31)27(23(19)30)17-9-11-18(12-10-17)28(32)33/h1-13H,14H2,(H,26,29,31)/b19-13+. The van der Waals surface area contributed by atoms with Gasteiger partial charge in [0.25, 0.3) is 17.5 Å². The number of urea groups is 1. The normalized spacial score (nSPS) is 14.8. The molecule has 9 nitrogen and oxygen atoms in total. The lowest BCUT2D eigenvalue weighted by Crippen LogP contribution is -2.54. The van der Waals surface area contributed by atoms with Gasteiger partial charge in [0.15, 0.2) is 0 Å². The van der Waals surface area contributed by atoms with E-state index in [2.05, 4.69) is 5.32 Å². The van der Waals surface area contributed by atoms with E-state index in [9.17, 15) is 28.9 Å². The van der Waals surface area contributed by atoms with E-state index in [4.69, 9.17) is 4.74 Å². The Morgan fingerprint density at radius 3 is 2.35 bits per heavy atom. The fraction of sp³-hybridized carbons (Fsp3) is 0.0417. The number of imide groups is 2. The van der Waals surface area contributed by atoms with Crippen LogP contribution in [0.3, 0.4) is 0 Å². The number of halogens is 1. The van der Waals surface area contributed by atoms with Gasteiger partial charge in [-0.05, 0) is 30.3 Å². The Morgan fingerprint density at radius 2 is 1.65 bits per heavy atom. The van der Waals surface area contributed by atoms with Gasteiger partial charge < -0.3 is 4.74 Å². The predicted octanol–water partition coefficient (Wildman–Crippen LogP) is 3.98. The number of para-hydroxylation sites is 1. The number of nitro benzene ring substituents is 1. The third-order valence-electron chi connectivity index (χ3n) is 4.98. The number of nitrogens with zero attached hydrogens (tertiary/aromatic N) is 2. The number of amides is 4. The van der Waals surface area contributed by atoms with Gasteiger partial charge in [-0.25, -0.2) is 14.1 Å². The number of barbiturate groups is 1. The Bertz CT molecular complexity index is 1340. The molecular formula is C24H16FN3O6. The maximum Gasteiger partial charge on any atom is 0.335 e. The maximum atomic E-state index is 13.9. The summed E-state index contributed by atoms with van der Waals surface area (Å²) in [7, 11) is 0. The van der Waals surface area contributed by atoms with Crippen LogP contribution in [0.5, 0.6) is 5.75 Å². The Kier molecular flexibility index (Phi) is 6.13. The van der Waals surface area contributed by atoms with Gasteiger partial charge in [0.2, 0.25) is 0 Å². The van der Waals surface area contributed by atoms with Gasteiger partial charge in [-0.15, -0.1) is 0 Å². The number of anilines is 1. The van der Waals surface area contributed by atoms with Gasteiger partial charge in [-0.3, -0.25) is 25.0 Å². The van der Waals surface area contributed by atoms with Crippen molar-refractivity contribution in [3.05, 3.63) is 105 Å². The second-order valence-electron chi connectivity index (χ2n) is 7.15. The minimum Gasteiger partial charge on any atom is -0.488 e. The topological polar surface area (TPSA) is 119 Å². The van der Waals surface area contributed by atoms with Crippen molar-refractivity contribution in [2.75, 3.05) is 4.90 Å². The average Bonchev–Trinajstić information content (AvgIpc) is 2.82. The molecule has 170 valence electrons. The molecule has 1 N–H and O–H groups in total. The van der Waals surface area contributed by atoms with Crippen LogP contribution in [0.15, 0.2) is 78.4 Å². The zero-order valence-electron chi connectivity index (χ0n) is 17.4. The Balaban J connectivity index is 1.63. The van der Waals surface area contributed by atoms with Crippen LogP contribution in [-0.4, -0.2) is 22.8 Å². The molecule has 3 aromatic rings. The number of nitro groups is 1. The highest BCUT2D eigenvalue weighted by Gasteiger charge is 2.37. The Morgan fingerprint density at radius 1 is 0.971 bits per heavy atom. The maximum absolute atomic E-state index is 13.9. The summed E-state index contributed by atoms with van der Waals surface area (Å²) >= 11 is 0. The number of non-ortho nitro benzene ring substituents is 1. The van der Waals surface area contributed by atoms with Gasteiger partial charge >= 0.3 is 6.03 Å². The second-order valence-corrected chi connectivity index (χ2v) is 7.15. The highest BCUT2D eigenvalue weighted by molar-refractivity contribution is 6.39. The first-order valence-corrected chi connectivity index (χ1v) is 9.96. The largest absolute Gasteiger partial charge is 0.488 e. The van der Waals surface area contributed by atoms with Crippen molar-refractivity contribution < 1.29 is 28.4 Å². The van der Waals surface area contributed by atoms with Crippen molar-refractivity contribution in [3.8, 4) is 5.75 Å². The predicted molar refractivity (Wildman–Crippen MR) is 119 cm³/mol. The molecule has 1 fully saturated rings. The molecule has 4 amide bonds.